The number of likely N-dealkylation sites (tertiary alicyclic amines) is 1. The Kier molecular flexibility index (Phi) is 6.73. The van der Waals surface area contributed by atoms with Gasteiger partial charge in [0, 0.05) is 31.7 Å². The molecule has 31 heavy (non-hydrogen) atoms. The number of rotatable bonds is 5. The van der Waals surface area contributed by atoms with Gasteiger partial charge in [-0.2, -0.15) is 0 Å². The highest BCUT2D eigenvalue weighted by atomic mass is 16.6. The number of piperidine rings is 2. The van der Waals surface area contributed by atoms with Crippen molar-refractivity contribution in [2.24, 2.45) is 11.8 Å². The lowest BCUT2D eigenvalue weighted by molar-refractivity contribution is -0.384. The molecular weight excluding hydrogens is 398 g/mol. The Hall–Kier alpha value is -2.64. The molecule has 4 rings (SSSR count). The molecule has 2 saturated heterocycles. The number of anilines is 1. The van der Waals surface area contributed by atoms with Crippen LogP contribution in [0.5, 0.6) is 0 Å². The molecule has 3 aliphatic rings. The van der Waals surface area contributed by atoms with Crippen molar-refractivity contribution >= 4 is 23.3 Å². The van der Waals surface area contributed by atoms with E-state index in [-0.39, 0.29) is 35.0 Å². The van der Waals surface area contributed by atoms with Gasteiger partial charge in [-0.15, -0.1) is 0 Å². The van der Waals surface area contributed by atoms with Gasteiger partial charge in [0.25, 0.3) is 11.6 Å². The SMILES string of the molecule is O=C(OCC(=O)N1CCC[C@H]2CCCC[C@H]21)C1CCN(c2ccccc2[N+](=O)[O-])CC1. The molecule has 1 saturated carbocycles. The highest BCUT2D eigenvalue weighted by Gasteiger charge is 2.36. The number of carbonyl (C=O) groups excluding carboxylic acids is 2. The summed E-state index contributed by atoms with van der Waals surface area (Å²) in [5.74, 6) is -0.0563. The third-order valence-corrected chi connectivity index (χ3v) is 7.15. The maximum absolute atomic E-state index is 12.8. The number of para-hydroxylation sites is 2. The van der Waals surface area contributed by atoms with Crippen molar-refractivity contribution in [3.05, 3.63) is 34.4 Å². The number of amides is 1. The van der Waals surface area contributed by atoms with Crippen molar-refractivity contribution < 1.29 is 19.2 Å². The first kappa shape index (κ1) is 21.6. The number of esters is 1. The van der Waals surface area contributed by atoms with E-state index >= 15 is 0 Å². The molecule has 8 nitrogen and oxygen atoms in total. The number of nitro groups is 1. The van der Waals surface area contributed by atoms with E-state index in [1.165, 1.54) is 31.7 Å². The summed E-state index contributed by atoms with van der Waals surface area (Å²) >= 11 is 0. The molecule has 0 aromatic heterocycles. The van der Waals surface area contributed by atoms with Crippen LogP contribution in [0.15, 0.2) is 24.3 Å². The van der Waals surface area contributed by atoms with E-state index in [4.69, 9.17) is 4.74 Å². The Morgan fingerprint density at radius 3 is 2.48 bits per heavy atom. The van der Waals surface area contributed by atoms with Crippen molar-refractivity contribution in [3.8, 4) is 0 Å². The van der Waals surface area contributed by atoms with E-state index in [0.717, 1.165) is 19.4 Å². The number of hydrogen-bond acceptors (Lipinski definition) is 6. The van der Waals surface area contributed by atoms with E-state index in [1.54, 1.807) is 18.2 Å². The second kappa shape index (κ2) is 9.66. The van der Waals surface area contributed by atoms with Gasteiger partial charge in [0.05, 0.1) is 10.8 Å². The molecule has 3 fully saturated rings. The molecule has 1 aromatic rings. The standard InChI is InChI=1S/C23H31N3O5/c27-22(25-13-5-7-17-6-1-2-8-19(17)25)16-31-23(28)18-11-14-24(15-12-18)20-9-3-4-10-21(20)26(29)30/h3-4,9-10,17-19H,1-2,5-8,11-16H2/t17-,19-/m1/s1. The zero-order chi connectivity index (χ0) is 21.8. The number of carbonyl (C=O) groups is 2. The number of hydrogen-bond donors (Lipinski definition) is 0. The number of nitro benzene ring substituents is 1. The summed E-state index contributed by atoms with van der Waals surface area (Å²) in [5.41, 5.74) is 0.665. The molecule has 0 radical (unpaired) electrons. The average Bonchev–Trinajstić information content (AvgIpc) is 2.82. The Morgan fingerprint density at radius 2 is 1.71 bits per heavy atom. The minimum Gasteiger partial charge on any atom is -0.455 e. The van der Waals surface area contributed by atoms with Gasteiger partial charge in [-0.25, -0.2) is 0 Å². The fourth-order valence-corrected chi connectivity index (χ4v) is 5.51. The first-order valence-corrected chi connectivity index (χ1v) is 11.5. The fraction of sp³-hybridized carbons (Fsp3) is 0.652. The topological polar surface area (TPSA) is 93.0 Å². The van der Waals surface area contributed by atoms with Gasteiger partial charge in [-0.3, -0.25) is 19.7 Å². The summed E-state index contributed by atoms with van der Waals surface area (Å²) < 4.78 is 5.42. The Morgan fingerprint density at radius 1 is 1.00 bits per heavy atom. The quantitative estimate of drug-likeness (QED) is 0.404. The van der Waals surface area contributed by atoms with Gasteiger partial charge in [0.2, 0.25) is 0 Å². The highest BCUT2D eigenvalue weighted by molar-refractivity contribution is 5.82. The molecule has 8 heteroatoms. The first-order chi connectivity index (χ1) is 15.0. The van der Waals surface area contributed by atoms with Gasteiger partial charge < -0.3 is 14.5 Å². The molecule has 1 aromatic carbocycles. The maximum Gasteiger partial charge on any atom is 0.309 e. The molecule has 0 spiro atoms. The normalized spacial score (nSPS) is 24.4. The third kappa shape index (κ3) is 4.83. The van der Waals surface area contributed by atoms with Crippen LogP contribution in [0.4, 0.5) is 11.4 Å². The van der Waals surface area contributed by atoms with Crippen LogP contribution < -0.4 is 4.90 Å². The number of nitrogens with zero attached hydrogens (tertiary/aromatic N) is 3. The lowest BCUT2D eigenvalue weighted by Crippen LogP contribution is -2.51. The first-order valence-electron chi connectivity index (χ1n) is 11.5. The van der Waals surface area contributed by atoms with Gasteiger partial charge in [0.15, 0.2) is 6.61 Å². The summed E-state index contributed by atoms with van der Waals surface area (Å²) in [5, 5.41) is 11.3. The van der Waals surface area contributed by atoms with Crippen LogP contribution in [0.25, 0.3) is 0 Å². The minimum atomic E-state index is -0.376. The summed E-state index contributed by atoms with van der Waals surface area (Å²) in [6.45, 7) is 1.70. The third-order valence-electron chi connectivity index (χ3n) is 7.15. The van der Waals surface area contributed by atoms with Crippen molar-refractivity contribution in [2.75, 3.05) is 31.1 Å². The molecule has 168 valence electrons. The van der Waals surface area contributed by atoms with Crippen molar-refractivity contribution in [1.82, 2.24) is 4.90 Å². The second-order valence-electron chi connectivity index (χ2n) is 8.96. The summed E-state index contributed by atoms with van der Waals surface area (Å²) in [7, 11) is 0. The van der Waals surface area contributed by atoms with Gasteiger partial charge >= 0.3 is 5.97 Å². The predicted octanol–water partition coefficient (Wildman–Crippen LogP) is 3.54. The highest BCUT2D eigenvalue weighted by Crippen LogP contribution is 2.35. The van der Waals surface area contributed by atoms with Gasteiger partial charge in [-0.1, -0.05) is 25.0 Å². The summed E-state index contributed by atoms with van der Waals surface area (Å²) in [4.78, 5) is 40.1. The number of benzene rings is 1. The molecule has 2 atom stereocenters. The molecular formula is C23H31N3O5. The largest absolute Gasteiger partial charge is 0.455 e. The van der Waals surface area contributed by atoms with Crippen molar-refractivity contribution in [3.63, 3.8) is 0 Å². The van der Waals surface area contributed by atoms with E-state index in [9.17, 15) is 19.7 Å². The lowest BCUT2D eigenvalue weighted by atomic mass is 9.78. The molecule has 2 heterocycles. The molecule has 2 aliphatic heterocycles. The van der Waals surface area contributed by atoms with Crippen LogP contribution in [0, 0.1) is 22.0 Å². The van der Waals surface area contributed by atoms with E-state index in [2.05, 4.69) is 0 Å². The van der Waals surface area contributed by atoms with Crippen LogP contribution in [0.3, 0.4) is 0 Å². The zero-order valence-electron chi connectivity index (χ0n) is 17.9. The van der Waals surface area contributed by atoms with Crippen LogP contribution in [0.2, 0.25) is 0 Å². The Labute approximate surface area is 182 Å². The van der Waals surface area contributed by atoms with Gasteiger partial charge in [0.1, 0.15) is 5.69 Å². The molecule has 1 aliphatic carbocycles. The fourth-order valence-electron chi connectivity index (χ4n) is 5.51. The maximum atomic E-state index is 12.8. The molecule has 0 bridgehead atoms. The molecule has 0 unspecified atom stereocenters. The number of ether oxygens (including phenoxy) is 1. The van der Waals surface area contributed by atoms with Crippen LogP contribution in [0.1, 0.15) is 51.4 Å². The molecule has 0 N–H and O–H groups in total. The van der Waals surface area contributed by atoms with E-state index in [1.807, 2.05) is 9.80 Å². The van der Waals surface area contributed by atoms with Gasteiger partial charge in [-0.05, 0) is 50.5 Å². The number of fused-ring (bicyclic) bond motifs is 1. The minimum absolute atomic E-state index is 0.0673. The van der Waals surface area contributed by atoms with Crippen LogP contribution >= 0.6 is 0 Å². The lowest BCUT2D eigenvalue weighted by Gasteiger charge is -2.44. The smallest absolute Gasteiger partial charge is 0.309 e. The summed E-state index contributed by atoms with van der Waals surface area (Å²) in [6, 6.07) is 7.00. The van der Waals surface area contributed by atoms with Crippen molar-refractivity contribution in [2.45, 2.75) is 57.4 Å². The Bertz CT molecular complexity index is 819. The average molecular weight is 430 g/mol. The Balaban J connectivity index is 1.27. The zero-order valence-corrected chi connectivity index (χ0v) is 17.9. The predicted molar refractivity (Wildman–Crippen MR) is 116 cm³/mol. The molecule has 1 amide bonds. The van der Waals surface area contributed by atoms with Crippen LogP contribution in [-0.2, 0) is 14.3 Å². The van der Waals surface area contributed by atoms with Crippen molar-refractivity contribution in [1.29, 1.82) is 0 Å². The second-order valence-corrected chi connectivity index (χ2v) is 8.96. The van der Waals surface area contributed by atoms with Crippen LogP contribution in [-0.4, -0.2) is 54.0 Å². The summed E-state index contributed by atoms with van der Waals surface area (Å²) in [6.07, 6.45) is 8.05. The van der Waals surface area contributed by atoms with E-state index < -0.39 is 0 Å². The monoisotopic (exact) mass is 429 g/mol. The van der Waals surface area contributed by atoms with E-state index in [0.29, 0.717) is 43.6 Å².